The molecule has 0 amide bonds. The highest BCUT2D eigenvalue weighted by Crippen LogP contribution is 2.21. The van der Waals surface area contributed by atoms with Crippen LogP contribution in [0, 0.1) is 0 Å². The van der Waals surface area contributed by atoms with E-state index in [0.29, 0.717) is 0 Å². The molecular formula is C98H181ClO2. The Morgan fingerprint density at radius 2 is 0.257 bits per heavy atom. The molecule has 0 atom stereocenters. The molecular weight excluding hydrogens is 1240 g/mol. The van der Waals surface area contributed by atoms with Crippen molar-refractivity contribution in [3.8, 4) is 0 Å². The summed E-state index contributed by atoms with van der Waals surface area (Å²) in [4.78, 5) is 0. The smallest absolute Gasteiger partial charge is 0.157 e. The summed E-state index contributed by atoms with van der Waals surface area (Å²) < 4.78 is 11.0. The maximum atomic E-state index is 5.76. The van der Waals surface area contributed by atoms with E-state index >= 15 is 0 Å². The normalized spacial score (nSPS) is 13.4. The third kappa shape index (κ3) is 88.9. The summed E-state index contributed by atoms with van der Waals surface area (Å²) >= 11 is 5.76. The summed E-state index contributed by atoms with van der Waals surface area (Å²) in [5.74, 6) is 0.837. The molecule has 0 unspecified atom stereocenters. The molecule has 592 valence electrons. The van der Waals surface area contributed by atoms with Crippen LogP contribution in [0.3, 0.4) is 0 Å². The van der Waals surface area contributed by atoms with Crippen LogP contribution in [0.1, 0.15) is 514 Å². The van der Waals surface area contributed by atoms with Crippen LogP contribution >= 0.6 is 11.6 Å². The Morgan fingerprint density at radius 3 is 0.386 bits per heavy atom. The third-order valence-electron chi connectivity index (χ3n) is 21.9. The molecule has 0 saturated carbocycles. The third-order valence-corrected chi connectivity index (χ3v) is 22.1. The van der Waals surface area contributed by atoms with E-state index in [1.165, 1.54) is 507 Å². The predicted molar refractivity (Wildman–Crippen MR) is 460 cm³/mol. The molecule has 0 aliphatic carbocycles. The van der Waals surface area contributed by atoms with E-state index in [0.717, 1.165) is 25.5 Å². The van der Waals surface area contributed by atoms with Gasteiger partial charge in [-0.2, -0.15) is 0 Å². The van der Waals surface area contributed by atoms with Crippen molar-refractivity contribution in [2.45, 2.75) is 520 Å². The maximum absolute atomic E-state index is 5.76. The van der Waals surface area contributed by atoms with Crippen molar-refractivity contribution in [1.82, 2.24) is 0 Å². The van der Waals surface area contributed by atoms with Gasteiger partial charge < -0.3 is 9.47 Å². The number of unbranched alkanes of at least 4 members (excludes halogenated alkanes) is 71. The van der Waals surface area contributed by atoms with Crippen molar-refractivity contribution >= 4 is 11.6 Å². The van der Waals surface area contributed by atoms with Gasteiger partial charge in [-0.25, -0.2) is 0 Å². The van der Waals surface area contributed by atoms with E-state index in [1.54, 1.807) is 0 Å². The highest BCUT2D eigenvalue weighted by Gasteiger charge is 2.14. The van der Waals surface area contributed by atoms with E-state index in [4.69, 9.17) is 21.1 Å². The van der Waals surface area contributed by atoms with Gasteiger partial charge in [0.2, 0.25) is 0 Å². The first-order chi connectivity index (χ1) is 50.4. The van der Waals surface area contributed by atoms with Gasteiger partial charge in [0.25, 0.3) is 0 Å². The molecule has 1 saturated heterocycles. The Balaban J connectivity index is 1.64. The summed E-state index contributed by atoms with van der Waals surface area (Å²) in [5, 5.41) is 0. The second kappa shape index (κ2) is 92.6. The summed E-state index contributed by atoms with van der Waals surface area (Å²) in [5.41, 5.74) is 0. The number of halogens is 1. The first-order valence-electron chi connectivity index (χ1n) is 46.8. The Bertz CT molecular complexity index is 1700. The van der Waals surface area contributed by atoms with Crippen molar-refractivity contribution in [1.29, 1.82) is 0 Å². The molecule has 0 aromatic heterocycles. The lowest BCUT2D eigenvalue weighted by Gasteiger charge is -2.08. The molecule has 0 bridgehead atoms. The topological polar surface area (TPSA) is 18.5 Å². The zero-order valence-corrected chi connectivity index (χ0v) is 69.3. The quantitative estimate of drug-likeness (QED) is 0.0343. The second-order valence-electron chi connectivity index (χ2n) is 32.0. The predicted octanol–water partition coefficient (Wildman–Crippen LogP) is 35.7. The van der Waals surface area contributed by atoms with Crippen molar-refractivity contribution in [2.75, 3.05) is 19.1 Å². The zero-order chi connectivity index (χ0) is 71.6. The van der Waals surface area contributed by atoms with Crippen LogP contribution in [0.15, 0.2) is 85.1 Å². The number of alkyl halides is 1. The molecule has 0 spiro atoms. The lowest BCUT2D eigenvalue weighted by Crippen LogP contribution is -2.06. The largest absolute Gasteiger partial charge is 0.350 e. The fraction of sp³-hybridized carbons (Fsp3) is 0.857. The molecule has 0 aromatic carbocycles. The average Bonchev–Trinajstić information content (AvgIpc) is 4.37. The standard InChI is InChI=1S/C98H181ClO2/c99-95-93-91-89-87-85-83-81-79-77-75-73-71-69-67-65-63-61-59-57-55-53-51-49-47-45-43-41-39-37-35-33-31-29-27-25-23-21-19-17-15-13-11-9-7-5-3-1-2-4-6-8-10-12-14-16-18-20-22-24-26-28-30-32-34-36-38-40-42-44-46-48-50-52-54-56-58-60-62-64-66-68-70-72-74-76-78-80-82-84-86-88-90-92-94-98-100-96-97-101-98/h1-2,23-26,47-50,71-74,98H,3-22,27-46,51-70,75-97H2/b2-1+,25-23+,26-24+,49-47+,50-48+,73-71+,74-72+. The molecule has 1 aliphatic heterocycles. The first-order valence-corrected chi connectivity index (χ1v) is 47.3. The SMILES string of the molecule is ClCCCCCCCCCCC/C=C/CCCCCCCCCC/C=C/CCCCCCCCCC/C=C/CCCCCCCCCC/C=C/CCCCCCCCCC/C=C/CCCCCCCCCC/C=C/CCCCCCCCCC/C=C/CCCCCCCCCCC1OCCO1. The Morgan fingerprint density at radius 1 is 0.149 bits per heavy atom. The van der Waals surface area contributed by atoms with Gasteiger partial charge in [0.15, 0.2) is 6.29 Å². The summed E-state index contributed by atoms with van der Waals surface area (Å²) in [7, 11) is 0. The molecule has 2 nitrogen and oxygen atoms in total. The van der Waals surface area contributed by atoms with Gasteiger partial charge in [0, 0.05) is 5.88 Å². The lowest BCUT2D eigenvalue weighted by atomic mass is 10.0. The number of rotatable bonds is 88. The molecule has 0 radical (unpaired) electrons. The van der Waals surface area contributed by atoms with Crippen molar-refractivity contribution in [2.24, 2.45) is 0 Å². The number of ether oxygens (including phenoxy) is 2. The van der Waals surface area contributed by atoms with Crippen LogP contribution in [-0.2, 0) is 9.47 Å². The van der Waals surface area contributed by atoms with Crippen molar-refractivity contribution in [3.05, 3.63) is 85.1 Å². The zero-order valence-electron chi connectivity index (χ0n) is 68.5. The minimum atomic E-state index is 0.0970. The lowest BCUT2D eigenvalue weighted by molar-refractivity contribution is -0.0480. The van der Waals surface area contributed by atoms with Gasteiger partial charge in [-0.15, -0.1) is 11.6 Å². The molecule has 3 heteroatoms. The molecule has 1 rings (SSSR count). The molecule has 0 aromatic rings. The van der Waals surface area contributed by atoms with Crippen LogP contribution < -0.4 is 0 Å². The van der Waals surface area contributed by atoms with Gasteiger partial charge in [0.1, 0.15) is 0 Å². The van der Waals surface area contributed by atoms with Crippen LogP contribution in [0.2, 0.25) is 0 Å². The molecule has 0 N–H and O–H groups in total. The highest BCUT2D eigenvalue weighted by atomic mass is 35.5. The van der Waals surface area contributed by atoms with E-state index in [9.17, 15) is 0 Å². The number of hydrogen-bond donors (Lipinski definition) is 0. The molecule has 101 heavy (non-hydrogen) atoms. The summed E-state index contributed by atoms with van der Waals surface area (Å²) in [6.45, 7) is 1.58. The van der Waals surface area contributed by atoms with Gasteiger partial charge in [0.05, 0.1) is 13.2 Å². The fourth-order valence-electron chi connectivity index (χ4n) is 15.0. The summed E-state index contributed by atoms with van der Waals surface area (Å²) in [6.07, 6.45) is 146. The number of allylic oxidation sites excluding steroid dienone is 14. The van der Waals surface area contributed by atoms with Crippen molar-refractivity contribution in [3.63, 3.8) is 0 Å². The van der Waals surface area contributed by atoms with E-state index in [-0.39, 0.29) is 6.29 Å². The van der Waals surface area contributed by atoms with Crippen LogP contribution in [-0.4, -0.2) is 25.4 Å². The minimum absolute atomic E-state index is 0.0970. The van der Waals surface area contributed by atoms with Gasteiger partial charge in [-0.1, -0.05) is 400 Å². The van der Waals surface area contributed by atoms with E-state index < -0.39 is 0 Å². The van der Waals surface area contributed by atoms with Crippen LogP contribution in [0.5, 0.6) is 0 Å². The van der Waals surface area contributed by atoms with E-state index in [2.05, 4.69) is 85.1 Å². The van der Waals surface area contributed by atoms with Crippen LogP contribution in [0.25, 0.3) is 0 Å². The molecule has 1 heterocycles. The molecule has 1 fully saturated rings. The fourth-order valence-corrected chi connectivity index (χ4v) is 15.2. The van der Waals surface area contributed by atoms with Gasteiger partial charge in [-0.05, 0) is 199 Å². The van der Waals surface area contributed by atoms with Crippen LogP contribution in [0.4, 0.5) is 0 Å². The van der Waals surface area contributed by atoms with Gasteiger partial charge >= 0.3 is 0 Å². The Labute approximate surface area is 641 Å². The number of hydrogen-bond acceptors (Lipinski definition) is 2. The minimum Gasteiger partial charge on any atom is -0.350 e. The molecule has 1 aliphatic rings. The first kappa shape index (κ1) is 97.4. The van der Waals surface area contributed by atoms with Gasteiger partial charge in [-0.3, -0.25) is 0 Å². The Hall–Kier alpha value is -1.61. The second-order valence-corrected chi connectivity index (χ2v) is 32.3. The van der Waals surface area contributed by atoms with Crippen molar-refractivity contribution < 1.29 is 9.47 Å². The Kier molecular flexibility index (Phi) is 89.3. The monoisotopic (exact) mass is 1430 g/mol. The summed E-state index contributed by atoms with van der Waals surface area (Å²) in [6, 6.07) is 0. The van der Waals surface area contributed by atoms with E-state index in [1.807, 2.05) is 0 Å². The maximum Gasteiger partial charge on any atom is 0.157 e. The average molecular weight is 1430 g/mol. The highest BCUT2D eigenvalue weighted by molar-refractivity contribution is 6.17.